The van der Waals surface area contributed by atoms with Crippen LogP contribution in [0.1, 0.15) is 26.7 Å². The summed E-state index contributed by atoms with van der Waals surface area (Å²) in [7, 11) is 1.74. The van der Waals surface area contributed by atoms with Crippen LogP contribution in [-0.2, 0) is 4.79 Å². The van der Waals surface area contributed by atoms with Crippen LogP contribution in [0.5, 0.6) is 0 Å². The minimum Gasteiger partial charge on any atom is -0.313 e. The van der Waals surface area contributed by atoms with Gasteiger partial charge in [-0.15, -0.1) is 0 Å². The SMILES string of the molecule is C=C(C)C(CCC(C)=O)CN(C)C#N. The predicted octanol–water partition coefficient (Wildman–Crippen LogP) is 1.96. The molecule has 0 radical (unpaired) electrons. The lowest BCUT2D eigenvalue weighted by Gasteiger charge is -2.19. The fraction of sp³-hybridized carbons (Fsp3) is 0.636. The van der Waals surface area contributed by atoms with E-state index >= 15 is 0 Å². The molecular weight excluding hydrogens is 176 g/mol. The maximum Gasteiger partial charge on any atom is 0.179 e. The molecule has 0 aliphatic rings. The number of nitrogens with zero attached hydrogens (tertiary/aromatic N) is 2. The third-order valence-electron chi connectivity index (χ3n) is 2.21. The van der Waals surface area contributed by atoms with Crippen molar-refractivity contribution in [2.24, 2.45) is 5.92 Å². The Balaban J connectivity index is 4.11. The van der Waals surface area contributed by atoms with Crippen LogP contribution in [0.25, 0.3) is 0 Å². The molecule has 0 saturated heterocycles. The summed E-state index contributed by atoms with van der Waals surface area (Å²) in [5.41, 5.74) is 1.04. The minimum atomic E-state index is 0.191. The Labute approximate surface area is 86.0 Å². The molecule has 0 aliphatic heterocycles. The third kappa shape index (κ3) is 5.36. The van der Waals surface area contributed by atoms with Crippen LogP contribution in [0.2, 0.25) is 0 Å². The van der Waals surface area contributed by atoms with Crippen molar-refractivity contribution in [1.29, 1.82) is 5.26 Å². The molecule has 1 atom stereocenters. The zero-order valence-corrected chi connectivity index (χ0v) is 9.21. The molecule has 1 unspecified atom stereocenters. The molecule has 0 rings (SSSR count). The Bertz CT molecular complexity index is 253. The number of carbonyl (C=O) groups excluding carboxylic acids is 1. The first-order valence-corrected chi connectivity index (χ1v) is 4.73. The normalized spacial score (nSPS) is 11.6. The van der Waals surface area contributed by atoms with Gasteiger partial charge in [0.2, 0.25) is 0 Å². The Morgan fingerprint density at radius 1 is 1.57 bits per heavy atom. The lowest BCUT2D eigenvalue weighted by atomic mass is 9.95. The number of nitriles is 1. The van der Waals surface area contributed by atoms with Crippen LogP contribution in [0.15, 0.2) is 12.2 Å². The second-order valence-corrected chi connectivity index (χ2v) is 3.76. The van der Waals surface area contributed by atoms with Crippen LogP contribution in [-0.4, -0.2) is 24.3 Å². The first-order chi connectivity index (χ1) is 6.47. The van der Waals surface area contributed by atoms with Crippen LogP contribution in [0.4, 0.5) is 0 Å². The van der Waals surface area contributed by atoms with E-state index in [9.17, 15) is 4.79 Å². The summed E-state index contributed by atoms with van der Waals surface area (Å²) >= 11 is 0. The molecule has 3 nitrogen and oxygen atoms in total. The van der Waals surface area contributed by atoms with Gasteiger partial charge < -0.3 is 9.69 Å². The van der Waals surface area contributed by atoms with E-state index in [1.807, 2.05) is 13.1 Å². The van der Waals surface area contributed by atoms with Crippen LogP contribution >= 0.6 is 0 Å². The number of carbonyl (C=O) groups is 1. The van der Waals surface area contributed by atoms with Gasteiger partial charge in [0.15, 0.2) is 6.19 Å². The van der Waals surface area contributed by atoms with Gasteiger partial charge in [-0.25, -0.2) is 0 Å². The molecule has 0 bridgehead atoms. The largest absolute Gasteiger partial charge is 0.313 e. The van der Waals surface area contributed by atoms with E-state index in [4.69, 9.17) is 5.26 Å². The zero-order valence-electron chi connectivity index (χ0n) is 9.21. The van der Waals surface area contributed by atoms with E-state index in [-0.39, 0.29) is 11.7 Å². The van der Waals surface area contributed by atoms with Gasteiger partial charge in [0.1, 0.15) is 5.78 Å². The lowest BCUT2D eigenvalue weighted by molar-refractivity contribution is -0.117. The molecule has 0 N–H and O–H groups in total. The van der Waals surface area contributed by atoms with E-state index in [1.165, 1.54) is 0 Å². The van der Waals surface area contributed by atoms with Crippen LogP contribution < -0.4 is 0 Å². The molecule has 0 saturated carbocycles. The lowest BCUT2D eigenvalue weighted by Crippen LogP contribution is -2.22. The highest BCUT2D eigenvalue weighted by Gasteiger charge is 2.12. The second kappa shape index (κ2) is 6.20. The van der Waals surface area contributed by atoms with Gasteiger partial charge in [0, 0.05) is 20.0 Å². The van der Waals surface area contributed by atoms with E-state index in [0.29, 0.717) is 13.0 Å². The molecule has 0 heterocycles. The number of hydrogen-bond acceptors (Lipinski definition) is 3. The monoisotopic (exact) mass is 194 g/mol. The summed E-state index contributed by atoms with van der Waals surface area (Å²) in [6.07, 6.45) is 3.40. The van der Waals surface area contributed by atoms with Crippen molar-refractivity contribution in [2.45, 2.75) is 26.7 Å². The fourth-order valence-electron chi connectivity index (χ4n) is 1.24. The molecule has 14 heavy (non-hydrogen) atoms. The zero-order chi connectivity index (χ0) is 11.1. The Hall–Kier alpha value is -1.30. The van der Waals surface area contributed by atoms with Gasteiger partial charge in [0.25, 0.3) is 0 Å². The van der Waals surface area contributed by atoms with Gasteiger partial charge >= 0.3 is 0 Å². The molecule has 0 aromatic rings. The Morgan fingerprint density at radius 2 is 2.14 bits per heavy atom. The molecule has 0 aromatic heterocycles. The summed E-state index contributed by atoms with van der Waals surface area (Å²) in [6.45, 7) is 8.05. The molecule has 0 aromatic carbocycles. The summed E-state index contributed by atoms with van der Waals surface area (Å²) < 4.78 is 0. The first kappa shape index (κ1) is 12.7. The van der Waals surface area contributed by atoms with Gasteiger partial charge in [-0.2, -0.15) is 5.26 Å². The molecule has 0 amide bonds. The van der Waals surface area contributed by atoms with Gasteiger partial charge in [-0.05, 0) is 26.2 Å². The maximum atomic E-state index is 10.8. The van der Waals surface area contributed by atoms with Crippen molar-refractivity contribution >= 4 is 5.78 Å². The van der Waals surface area contributed by atoms with E-state index in [1.54, 1.807) is 18.9 Å². The number of rotatable bonds is 6. The summed E-state index contributed by atoms with van der Waals surface area (Å²) in [6, 6.07) is 0. The molecule has 0 spiro atoms. The van der Waals surface area contributed by atoms with Crippen LogP contribution in [0, 0.1) is 17.4 Å². The molecule has 0 aliphatic carbocycles. The molecule has 3 heteroatoms. The first-order valence-electron chi connectivity index (χ1n) is 4.73. The Morgan fingerprint density at radius 3 is 2.50 bits per heavy atom. The average Bonchev–Trinajstić information content (AvgIpc) is 2.10. The standard InChI is InChI=1S/C11H18N2O/c1-9(2)11(6-5-10(3)14)7-13(4)8-12/h11H,1,5-7H2,2-4H3. The van der Waals surface area contributed by atoms with Gasteiger partial charge in [0.05, 0.1) is 0 Å². The van der Waals surface area contributed by atoms with Crippen molar-refractivity contribution < 1.29 is 4.79 Å². The Kier molecular flexibility index (Phi) is 5.62. The molecule has 0 fully saturated rings. The third-order valence-corrected chi connectivity index (χ3v) is 2.21. The number of Topliss-reactive ketones (excluding diaryl/α,β-unsaturated/α-hetero) is 1. The second-order valence-electron chi connectivity index (χ2n) is 3.76. The minimum absolute atomic E-state index is 0.191. The maximum absolute atomic E-state index is 10.8. The number of hydrogen-bond donors (Lipinski definition) is 0. The molecule has 78 valence electrons. The highest BCUT2D eigenvalue weighted by atomic mass is 16.1. The van der Waals surface area contributed by atoms with Crippen molar-refractivity contribution in [3.05, 3.63) is 12.2 Å². The van der Waals surface area contributed by atoms with Gasteiger partial charge in [-0.3, -0.25) is 0 Å². The van der Waals surface area contributed by atoms with Crippen molar-refractivity contribution in [3.8, 4) is 6.19 Å². The van der Waals surface area contributed by atoms with E-state index in [0.717, 1.165) is 12.0 Å². The average molecular weight is 194 g/mol. The summed E-state index contributed by atoms with van der Waals surface area (Å²) in [5, 5.41) is 8.62. The quantitative estimate of drug-likeness (QED) is 0.369. The molecular formula is C11H18N2O. The van der Waals surface area contributed by atoms with Crippen LogP contribution in [0.3, 0.4) is 0 Å². The topological polar surface area (TPSA) is 44.1 Å². The summed E-state index contributed by atoms with van der Waals surface area (Å²) in [4.78, 5) is 12.4. The summed E-state index contributed by atoms with van der Waals surface area (Å²) in [5.74, 6) is 0.430. The van der Waals surface area contributed by atoms with Crippen molar-refractivity contribution in [2.75, 3.05) is 13.6 Å². The van der Waals surface area contributed by atoms with E-state index < -0.39 is 0 Å². The predicted molar refractivity (Wildman–Crippen MR) is 56.5 cm³/mol. The van der Waals surface area contributed by atoms with Crippen molar-refractivity contribution in [1.82, 2.24) is 4.90 Å². The number of ketones is 1. The van der Waals surface area contributed by atoms with E-state index in [2.05, 4.69) is 6.58 Å². The van der Waals surface area contributed by atoms with Crippen molar-refractivity contribution in [3.63, 3.8) is 0 Å². The smallest absolute Gasteiger partial charge is 0.179 e. The highest BCUT2D eigenvalue weighted by Crippen LogP contribution is 2.16. The van der Waals surface area contributed by atoms with Gasteiger partial charge in [-0.1, -0.05) is 12.2 Å². The fourth-order valence-corrected chi connectivity index (χ4v) is 1.24. The highest BCUT2D eigenvalue weighted by molar-refractivity contribution is 5.75.